The van der Waals surface area contributed by atoms with Crippen LogP contribution in [-0.4, -0.2) is 21.5 Å². The number of halogens is 1. The van der Waals surface area contributed by atoms with Crippen LogP contribution in [-0.2, 0) is 0 Å². The first kappa shape index (κ1) is 21.8. The zero-order valence-electron chi connectivity index (χ0n) is 19.8. The largest absolute Gasteiger partial charge is 0.452 e. The Balaban J connectivity index is 1.51. The number of anilines is 2. The number of rotatable bonds is 3. The average Bonchev–Trinajstić information content (AvgIpc) is 3.51. The number of nitrogens with one attached hydrogen (secondary N) is 1. The van der Waals surface area contributed by atoms with Crippen molar-refractivity contribution in [1.82, 2.24) is 9.78 Å². The molecule has 1 N–H and O–H groups in total. The van der Waals surface area contributed by atoms with Crippen LogP contribution in [0.5, 0.6) is 0 Å². The Hall–Kier alpha value is -4.43. The van der Waals surface area contributed by atoms with Crippen LogP contribution in [0.15, 0.2) is 116 Å². The molecule has 1 unspecified atom stereocenters. The number of nitrogens with zero attached hydrogens (tertiary/aromatic N) is 5. The number of hydrogen-bond acceptors (Lipinski definition) is 6. The van der Waals surface area contributed by atoms with Crippen LogP contribution in [0.2, 0.25) is 0 Å². The Morgan fingerprint density at radius 3 is 2.32 bits per heavy atom. The molecule has 4 heterocycles. The van der Waals surface area contributed by atoms with Crippen molar-refractivity contribution in [3.05, 3.63) is 119 Å². The lowest BCUT2D eigenvalue weighted by atomic mass is 9.98. The standard InChI is InChI=1S/C29H21BrN6O/c1-18-25-26(23-16-17-24(30)37-23)35-22-15-9-8-14-21(22)32-27(31-19-10-4-2-5-11-19)29(35)33-28(25)36(34-18)20-12-6-3-7-13-20/h2-17,26H,1H3,(H,31,32). The molecule has 3 aromatic carbocycles. The van der Waals surface area contributed by atoms with E-state index >= 15 is 0 Å². The number of hydrogen-bond donors (Lipinski definition) is 1. The highest BCUT2D eigenvalue weighted by molar-refractivity contribution is 9.10. The molecule has 180 valence electrons. The van der Waals surface area contributed by atoms with E-state index in [1.165, 1.54) is 0 Å². The van der Waals surface area contributed by atoms with Gasteiger partial charge in [-0.15, -0.1) is 0 Å². The summed E-state index contributed by atoms with van der Waals surface area (Å²) in [5, 5.41) is 8.44. The van der Waals surface area contributed by atoms with Crippen LogP contribution in [0, 0.1) is 6.92 Å². The molecule has 1 atom stereocenters. The third kappa shape index (κ3) is 3.60. The molecule has 0 fully saturated rings. The van der Waals surface area contributed by atoms with E-state index in [0.29, 0.717) is 16.3 Å². The summed E-state index contributed by atoms with van der Waals surface area (Å²) >= 11 is 3.50. The van der Waals surface area contributed by atoms with Gasteiger partial charge in [0.1, 0.15) is 11.8 Å². The van der Waals surface area contributed by atoms with Crippen molar-refractivity contribution in [3.8, 4) is 5.69 Å². The molecule has 2 aliphatic heterocycles. The Morgan fingerprint density at radius 2 is 1.57 bits per heavy atom. The first-order valence-corrected chi connectivity index (χ1v) is 12.7. The van der Waals surface area contributed by atoms with Crippen LogP contribution in [0.3, 0.4) is 0 Å². The zero-order valence-corrected chi connectivity index (χ0v) is 21.4. The molecule has 0 radical (unpaired) electrons. The molecular weight excluding hydrogens is 528 g/mol. The van der Waals surface area contributed by atoms with E-state index in [2.05, 4.69) is 32.2 Å². The second kappa shape index (κ2) is 8.60. The molecule has 0 saturated heterocycles. The number of para-hydroxylation sites is 4. The lowest BCUT2D eigenvalue weighted by molar-refractivity contribution is 0.468. The van der Waals surface area contributed by atoms with Crippen molar-refractivity contribution in [2.45, 2.75) is 13.0 Å². The number of aromatic nitrogens is 2. The summed E-state index contributed by atoms with van der Waals surface area (Å²) in [4.78, 5) is 12.4. The fourth-order valence-corrected chi connectivity index (χ4v) is 5.27. The first-order valence-electron chi connectivity index (χ1n) is 12.0. The molecule has 7 rings (SSSR count). The van der Waals surface area contributed by atoms with E-state index in [0.717, 1.165) is 45.6 Å². The van der Waals surface area contributed by atoms with Crippen molar-refractivity contribution in [1.29, 1.82) is 0 Å². The van der Waals surface area contributed by atoms with Crippen molar-refractivity contribution in [3.63, 3.8) is 0 Å². The van der Waals surface area contributed by atoms with Crippen LogP contribution in [0.4, 0.5) is 22.9 Å². The Kier molecular flexibility index (Phi) is 5.07. The monoisotopic (exact) mass is 548 g/mol. The minimum atomic E-state index is -0.296. The van der Waals surface area contributed by atoms with Crippen LogP contribution < -0.4 is 10.2 Å². The molecule has 2 aromatic heterocycles. The second-order valence-electron chi connectivity index (χ2n) is 8.86. The summed E-state index contributed by atoms with van der Waals surface area (Å²) in [6.45, 7) is 2.02. The van der Waals surface area contributed by atoms with E-state index in [1.54, 1.807) is 0 Å². The third-order valence-electron chi connectivity index (χ3n) is 6.54. The third-order valence-corrected chi connectivity index (χ3v) is 6.97. The van der Waals surface area contributed by atoms with Gasteiger partial charge >= 0.3 is 0 Å². The van der Waals surface area contributed by atoms with Crippen LogP contribution in [0.1, 0.15) is 23.1 Å². The molecule has 2 aliphatic rings. The molecule has 7 nitrogen and oxygen atoms in total. The van der Waals surface area contributed by atoms with Gasteiger partial charge in [0.2, 0.25) is 0 Å². The maximum absolute atomic E-state index is 6.19. The molecule has 0 spiro atoms. The highest BCUT2D eigenvalue weighted by Gasteiger charge is 2.42. The summed E-state index contributed by atoms with van der Waals surface area (Å²) in [7, 11) is 0. The number of amidine groups is 2. The SMILES string of the molecule is Cc1nn(-c2ccccc2)c2c1C(c1ccc(Br)o1)N1C(=N2)C(Nc2ccccc2)=Nc2ccccc21. The van der Waals surface area contributed by atoms with E-state index in [9.17, 15) is 0 Å². The fraction of sp³-hybridized carbons (Fsp3) is 0.0690. The summed E-state index contributed by atoms with van der Waals surface area (Å²) in [5.74, 6) is 2.90. The molecule has 5 aromatic rings. The van der Waals surface area contributed by atoms with Gasteiger partial charge in [0.25, 0.3) is 0 Å². The summed E-state index contributed by atoms with van der Waals surface area (Å²) < 4.78 is 8.76. The zero-order chi connectivity index (χ0) is 24.9. The minimum Gasteiger partial charge on any atom is -0.452 e. The van der Waals surface area contributed by atoms with Gasteiger partial charge in [0.15, 0.2) is 22.2 Å². The van der Waals surface area contributed by atoms with Crippen LogP contribution >= 0.6 is 15.9 Å². The summed E-state index contributed by atoms with van der Waals surface area (Å²) in [6, 6.07) is 31.8. The van der Waals surface area contributed by atoms with Gasteiger partial charge in [-0.25, -0.2) is 14.7 Å². The minimum absolute atomic E-state index is 0.296. The highest BCUT2D eigenvalue weighted by atomic mass is 79.9. The second-order valence-corrected chi connectivity index (χ2v) is 9.64. The normalized spacial score (nSPS) is 15.8. The maximum Gasteiger partial charge on any atom is 0.179 e. The van der Waals surface area contributed by atoms with E-state index in [-0.39, 0.29) is 6.04 Å². The van der Waals surface area contributed by atoms with Gasteiger partial charge in [0, 0.05) is 5.69 Å². The number of aliphatic imine (C=N–C) groups is 2. The topological polar surface area (TPSA) is 71.0 Å². The Morgan fingerprint density at radius 1 is 0.838 bits per heavy atom. The summed E-state index contributed by atoms with van der Waals surface area (Å²) in [5.41, 5.74) is 5.55. The number of fused-ring (bicyclic) bond motifs is 4. The predicted octanol–water partition coefficient (Wildman–Crippen LogP) is 7.33. The van der Waals surface area contributed by atoms with Crippen molar-refractivity contribution in [2.75, 3.05) is 10.2 Å². The van der Waals surface area contributed by atoms with E-state index < -0.39 is 0 Å². The van der Waals surface area contributed by atoms with Gasteiger partial charge in [-0.05, 0) is 71.4 Å². The van der Waals surface area contributed by atoms with Gasteiger partial charge in [0.05, 0.1) is 28.3 Å². The van der Waals surface area contributed by atoms with E-state index in [1.807, 2.05) is 103 Å². The average molecular weight is 549 g/mol. The quantitative estimate of drug-likeness (QED) is 0.256. The molecule has 37 heavy (non-hydrogen) atoms. The molecule has 8 heteroatoms. The molecule has 0 amide bonds. The Labute approximate surface area is 221 Å². The van der Waals surface area contributed by atoms with Crippen molar-refractivity contribution >= 4 is 50.5 Å². The van der Waals surface area contributed by atoms with Gasteiger partial charge in [-0.3, -0.25) is 0 Å². The van der Waals surface area contributed by atoms with Crippen LogP contribution in [0.25, 0.3) is 5.69 Å². The summed E-state index contributed by atoms with van der Waals surface area (Å²) in [6.07, 6.45) is 0. The fourth-order valence-electron chi connectivity index (χ4n) is 4.95. The highest BCUT2D eigenvalue weighted by Crippen LogP contribution is 2.48. The van der Waals surface area contributed by atoms with E-state index in [4.69, 9.17) is 19.5 Å². The Bertz CT molecular complexity index is 1690. The number of benzene rings is 3. The van der Waals surface area contributed by atoms with Crippen molar-refractivity contribution in [2.24, 2.45) is 9.98 Å². The maximum atomic E-state index is 6.19. The molecular formula is C29H21BrN6O. The molecule has 0 aliphatic carbocycles. The number of furan rings is 1. The predicted molar refractivity (Wildman–Crippen MR) is 150 cm³/mol. The lowest BCUT2D eigenvalue weighted by Crippen LogP contribution is -2.46. The van der Waals surface area contributed by atoms with Gasteiger partial charge in [-0.2, -0.15) is 5.10 Å². The molecule has 0 bridgehead atoms. The van der Waals surface area contributed by atoms with Crippen molar-refractivity contribution < 1.29 is 4.42 Å². The smallest absolute Gasteiger partial charge is 0.179 e. The van der Waals surface area contributed by atoms with Gasteiger partial charge < -0.3 is 14.6 Å². The molecule has 0 saturated carbocycles. The first-order chi connectivity index (χ1) is 18.2. The van der Waals surface area contributed by atoms with Gasteiger partial charge in [-0.1, -0.05) is 48.5 Å². The number of aryl methyl sites for hydroxylation is 1. The lowest BCUT2D eigenvalue weighted by Gasteiger charge is -2.39.